The molecule has 1 aromatic carbocycles. The molecule has 98 valence electrons. The first kappa shape index (κ1) is 14.1. The number of carboxylic acid groups (broad SMARTS) is 1. The number of carboxylic acids is 1. The van der Waals surface area contributed by atoms with Crippen LogP contribution in [0, 0.1) is 0 Å². The summed E-state index contributed by atoms with van der Waals surface area (Å²) in [6, 6.07) is 8.18. The van der Waals surface area contributed by atoms with Crippen LogP contribution in [0.25, 0.3) is 11.3 Å². The number of halogens is 3. The van der Waals surface area contributed by atoms with E-state index in [0.29, 0.717) is 26.9 Å². The molecule has 0 fully saturated rings. The molecule has 0 radical (unpaired) electrons. The second kappa shape index (κ2) is 5.78. The number of carbonyl (C=O) groups is 1. The first-order chi connectivity index (χ1) is 8.97. The summed E-state index contributed by atoms with van der Waals surface area (Å²) < 4.78 is 0. The highest BCUT2D eigenvalue weighted by Crippen LogP contribution is 2.30. The number of pyridine rings is 1. The summed E-state index contributed by atoms with van der Waals surface area (Å²) in [7, 11) is 0. The molecule has 0 amide bonds. The second-order valence-corrected chi connectivity index (χ2v) is 5.04. The maximum absolute atomic E-state index is 10.9. The molecule has 0 unspecified atom stereocenters. The molecule has 0 saturated carbocycles. The predicted molar refractivity (Wildman–Crippen MR) is 76.0 cm³/mol. The van der Waals surface area contributed by atoms with Crippen LogP contribution in [0.3, 0.4) is 0 Å². The molecule has 2 aromatic rings. The Bertz CT molecular complexity index is 644. The standard InChI is InChI=1S/C13H8Cl3NO2/c14-9-3-1-7(5-10(9)15)13-8(6-12(18)19)2-4-11(16)17-13/h1-5H,6H2,(H,18,19). The molecule has 1 N–H and O–H groups in total. The van der Waals surface area contributed by atoms with Crippen LogP contribution in [0.2, 0.25) is 15.2 Å². The van der Waals surface area contributed by atoms with Crippen molar-refractivity contribution in [1.82, 2.24) is 4.98 Å². The maximum Gasteiger partial charge on any atom is 0.307 e. The van der Waals surface area contributed by atoms with Gasteiger partial charge in [-0.15, -0.1) is 0 Å². The van der Waals surface area contributed by atoms with Crippen molar-refractivity contribution in [3.05, 3.63) is 51.1 Å². The minimum absolute atomic E-state index is 0.139. The third-order valence-corrected chi connectivity index (χ3v) is 3.43. The number of nitrogens with zero attached hydrogens (tertiary/aromatic N) is 1. The Labute approximate surface area is 124 Å². The quantitative estimate of drug-likeness (QED) is 0.857. The third kappa shape index (κ3) is 3.38. The molecule has 0 saturated heterocycles. The SMILES string of the molecule is O=C(O)Cc1ccc(Cl)nc1-c1ccc(Cl)c(Cl)c1. The van der Waals surface area contributed by atoms with Gasteiger partial charge in [0.05, 0.1) is 22.2 Å². The Kier molecular flexibility index (Phi) is 4.30. The van der Waals surface area contributed by atoms with Crippen LogP contribution in [0.4, 0.5) is 0 Å². The minimum atomic E-state index is -0.939. The lowest BCUT2D eigenvalue weighted by atomic mass is 10.0. The van der Waals surface area contributed by atoms with E-state index in [1.165, 1.54) is 0 Å². The lowest BCUT2D eigenvalue weighted by Gasteiger charge is -2.08. The number of aromatic nitrogens is 1. The van der Waals surface area contributed by atoms with E-state index in [0.717, 1.165) is 0 Å². The van der Waals surface area contributed by atoms with Crippen LogP contribution in [-0.4, -0.2) is 16.1 Å². The molecular formula is C13H8Cl3NO2. The Hall–Kier alpha value is -1.29. The first-order valence-corrected chi connectivity index (χ1v) is 6.43. The fourth-order valence-corrected chi connectivity index (χ4v) is 2.11. The van der Waals surface area contributed by atoms with Crippen LogP contribution < -0.4 is 0 Å². The number of hydrogen-bond donors (Lipinski definition) is 1. The summed E-state index contributed by atoms with van der Waals surface area (Å²) in [5.74, 6) is -0.939. The second-order valence-electron chi connectivity index (χ2n) is 3.84. The number of benzene rings is 1. The molecule has 0 aliphatic carbocycles. The highest BCUT2D eigenvalue weighted by molar-refractivity contribution is 6.42. The average molecular weight is 317 g/mol. The van der Waals surface area contributed by atoms with Gasteiger partial charge in [0.15, 0.2) is 0 Å². The Balaban J connectivity index is 2.55. The zero-order valence-corrected chi connectivity index (χ0v) is 11.8. The van der Waals surface area contributed by atoms with E-state index in [2.05, 4.69) is 4.98 Å². The summed E-state index contributed by atoms with van der Waals surface area (Å²) in [4.78, 5) is 15.0. The van der Waals surface area contributed by atoms with Gasteiger partial charge in [-0.25, -0.2) is 4.98 Å². The molecule has 1 aromatic heterocycles. The zero-order valence-electron chi connectivity index (χ0n) is 9.53. The van der Waals surface area contributed by atoms with Crippen molar-refractivity contribution in [3.8, 4) is 11.3 Å². The Morgan fingerprint density at radius 2 is 1.84 bits per heavy atom. The highest BCUT2D eigenvalue weighted by atomic mass is 35.5. The van der Waals surface area contributed by atoms with Crippen molar-refractivity contribution in [2.24, 2.45) is 0 Å². The van der Waals surface area contributed by atoms with Crippen molar-refractivity contribution in [2.45, 2.75) is 6.42 Å². The largest absolute Gasteiger partial charge is 0.481 e. The Morgan fingerprint density at radius 1 is 1.11 bits per heavy atom. The van der Waals surface area contributed by atoms with Gasteiger partial charge in [-0.3, -0.25) is 4.79 Å². The van der Waals surface area contributed by atoms with Crippen LogP contribution >= 0.6 is 34.8 Å². The first-order valence-electron chi connectivity index (χ1n) is 5.30. The lowest BCUT2D eigenvalue weighted by molar-refractivity contribution is -0.136. The molecule has 2 rings (SSSR count). The van der Waals surface area contributed by atoms with Gasteiger partial charge in [0, 0.05) is 5.56 Å². The topological polar surface area (TPSA) is 50.2 Å². The van der Waals surface area contributed by atoms with Crippen molar-refractivity contribution in [2.75, 3.05) is 0 Å². The Morgan fingerprint density at radius 3 is 2.47 bits per heavy atom. The van der Waals surface area contributed by atoms with Gasteiger partial charge in [0.25, 0.3) is 0 Å². The van der Waals surface area contributed by atoms with Crippen molar-refractivity contribution < 1.29 is 9.90 Å². The van der Waals surface area contributed by atoms with Crippen LogP contribution in [0.15, 0.2) is 30.3 Å². The minimum Gasteiger partial charge on any atom is -0.481 e. The van der Waals surface area contributed by atoms with Gasteiger partial charge in [-0.05, 0) is 23.8 Å². The molecule has 3 nitrogen and oxygen atoms in total. The number of aliphatic carboxylic acids is 1. The van der Waals surface area contributed by atoms with E-state index in [1.807, 2.05) is 0 Å². The lowest BCUT2D eigenvalue weighted by Crippen LogP contribution is -2.03. The van der Waals surface area contributed by atoms with E-state index in [1.54, 1.807) is 30.3 Å². The molecule has 0 atom stereocenters. The molecule has 19 heavy (non-hydrogen) atoms. The van der Waals surface area contributed by atoms with Crippen molar-refractivity contribution in [3.63, 3.8) is 0 Å². The number of hydrogen-bond acceptors (Lipinski definition) is 2. The summed E-state index contributed by atoms with van der Waals surface area (Å²) >= 11 is 17.7. The van der Waals surface area contributed by atoms with E-state index >= 15 is 0 Å². The fourth-order valence-electron chi connectivity index (χ4n) is 1.66. The van der Waals surface area contributed by atoms with Crippen LogP contribution in [0.1, 0.15) is 5.56 Å². The van der Waals surface area contributed by atoms with E-state index in [-0.39, 0.29) is 11.6 Å². The van der Waals surface area contributed by atoms with E-state index < -0.39 is 5.97 Å². The van der Waals surface area contributed by atoms with E-state index in [4.69, 9.17) is 39.9 Å². The van der Waals surface area contributed by atoms with Gasteiger partial charge in [0.2, 0.25) is 0 Å². The molecule has 0 aliphatic rings. The summed E-state index contributed by atoms with van der Waals surface area (Å²) in [5, 5.41) is 9.99. The van der Waals surface area contributed by atoms with Gasteiger partial charge in [0.1, 0.15) is 5.15 Å². The van der Waals surface area contributed by atoms with Gasteiger partial charge in [-0.1, -0.05) is 46.9 Å². The van der Waals surface area contributed by atoms with Crippen LogP contribution in [0.5, 0.6) is 0 Å². The van der Waals surface area contributed by atoms with Gasteiger partial charge >= 0.3 is 5.97 Å². The summed E-state index contributed by atoms with van der Waals surface area (Å²) in [6.45, 7) is 0. The third-order valence-electron chi connectivity index (χ3n) is 2.48. The summed E-state index contributed by atoms with van der Waals surface area (Å²) in [5.41, 5.74) is 1.73. The predicted octanol–water partition coefficient (Wildman–Crippen LogP) is 4.34. The molecule has 6 heteroatoms. The highest BCUT2D eigenvalue weighted by Gasteiger charge is 2.12. The zero-order chi connectivity index (χ0) is 14.0. The van der Waals surface area contributed by atoms with E-state index in [9.17, 15) is 4.79 Å². The molecular weight excluding hydrogens is 309 g/mol. The average Bonchev–Trinajstić information content (AvgIpc) is 2.34. The van der Waals surface area contributed by atoms with Crippen LogP contribution in [-0.2, 0) is 11.2 Å². The van der Waals surface area contributed by atoms with Gasteiger partial charge < -0.3 is 5.11 Å². The molecule has 0 spiro atoms. The molecule has 0 bridgehead atoms. The normalized spacial score (nSPS) is 10.5. The maximum atomic E-state index is 10.9. The van der Waals surface area contributed by atoms with Crippen molar-refractivity contribution in [1.29, 1.82) is 0 Å². The number of rotatable bonds is 3. The van der Waals surface area contributed by atoms with Crippen molar-refractivity contribution >= 4 is 40.8 Å². The van der Waals surface area contributed by atoms with Gasteiger partial charge in [-0.2, -0.15) is 0 Å². The summed E-state index contributed by atoms with van der Waals surface area (Å²) in [6.07, 6.45) is -0.139. The molecule has 0 aliphatic heterocycles. The monoisotopic (exact) mass is 315 g/mol. The fraction of sp³-hybridized carbons (Fsp3) is 0.0769. The molecule has 1 heterocycles. The smallest absolute Gasteiger partial charge is 0.307 e.